The standard InChI is InChI=1S/C58H103N7O10/c1-21-36(12)28-37(13)29-38(14)30-43-55(71)62(18)31-45(66)65-26-24-25-44(65)52(68)61-47(39(15)22-2)50(67)41(17)46(33(6)7)53(69)59-42(27-32(4)5)56(72)64(20)49(35(10)11)58(74)75-51(40(16)23-3)57(73)63(19)48(34(8)9)54(70)60-43/h32-44,46-49,51H,21-31H2,1-20H3,(H,59,69)(H,60,70)(H,61,68)/t36-,37-,38-,39?,40?,41?,42?,43?,44?,46?,47?,48?,49?,51?/m1/s1. The molecule has 2 saturated heterocycles. The first-order valence-electron chi connectivity index (χ1n) is 28.6. The second-order valence-electron chi connectivity index (χ2n) is 24.5. The molecule has 0 aromatic rings. The Bertz CT molecular complexity index is 1940. The molecule has 75 heavy (non-hydrogen) atoms. The van der Waals surface area contributed by atoms with Gasteiger partial charge in [0.25, 0.3) is 5.91 Å². The fourth-order valence-corrected chi connectivity index (χ4v) is 11.4. The van der Waals surface area contributed by atoms with Gasteiger partial charge < -0.3 is 40.3 Å². The maximum Gasteiger partial charge on any atom is 0.329 e. The molecule has 0 spiro atoms. The van der Waals surface area contributed by atoms with Crippen molar-refractivity contribution in [3.8, 4) is 0 Å². The molecule has 0 radical (unpaired) electrons. The average Bonchev–Trinajstić information content (AvgIpc) is 3.83. The highest BCUT2D eigenvalue weighted by atomic mass is 16.6. The van der Waals surface area contributed by atoms with E-state index in [1.54, 1.807) is 41.5 Å². The van der Waals surface area contributed by atoms with Crippen LogP contribution in [0.4, 0.5) is 0 Å². The van der Waals surface area contributed by atoms with Gasteiger partial charge in [0.1, 0.15) is 30.2 Å². The third-order valence-electron chi connectivity index (χ3n) is 16.3. The summed E-state index contributed by atoms with van der Waals surface area (Å²) < 4.78 is 6.18. The molecule has 0 aromatic heterocycles. The van der Waals surface area contributed by atoms with Crippen LogP contribution in [0, 0.1) is 65.1 Å². The van der Waals surface area contributed by atoms with Crippen LogP contribution in [0.1, 0.15) is 175 Å². The number of likely N-dealkylation sites (N-methyl/N-ethyl adjacent to an activating group) is 3. The van der Waals surface area contributed by atoms with Gasteiger partial charge in [0.2, 0.25) is 35.4 Å². The van der Waals surface area contributed by atoms with E-state index in [9.17, 15) is 43.2 Å². The second-order valence-corrected chi connectivity index (χ2v) is 24.5. The molecule has 0 bridgehead atoms. The average molecular weight is 1060 g/mol. The van der Waals surface area contributed by atoms with Crippen LogP contribution in [-0.4, -0.2) is 149 Å². The zero-order chi connectivity index (χ0) is 57.5. The predicted molar refractivity (Wildman–Crippen MR) is 293 cm³/mol. The van der Waals surface area contributed by atoms with Gasteiger partial charge in [-0.25, -0.2) is 4.79 Å². The molecule has 2 aliphatic heterocycles. The zero-order valence-electron chi connectivity index (χ0n) is 50.0. The molecule has 0 aliphatic carbocycles. The van der Waals surface area contributed by atoms with Crippen molar-refractivity contribution in [2.45, 2.75) is 218 Å². The first-order valence-corrected chi connectivity index (χ1v) is 28.6. The molecule has 2 aliphatic rings. The summed E-state index contributed by atoms with van der Waals surface area (Å²) in [4.78, 5) is 137. The lowest BCUT2D eigenvalue weighted by Crippen LogP contribution is -2.59. The first kappa shape index (κ1) is 66.5. The highest BCUT2D eigenvalue weighted by Gasteiger charge is 2.45. The number of hydrogen-bond acceptors (Lipinski definition) is 10. The third-order valence-corrected chi connectivity index (χ3v) is 16.3. The molecule has 7 amide bonds. The van der Waals surface area contributed by atoms with Gasteiger partial charge in [0, 0.05) is 45.4 Å². The summed E-state index contributed by atoms with van der Waals surface area (Å²) in [6.07, 6.45) is 3.72. The maximum absolute atomic E-state index is 14.8. The van der Waals surface area contributed by atoms with E-state index in [0.717, 1.165) is 19.3 Å². The normalized spacial score (nSPS) is 28.5. The van der Waals surface area contributed by atoms with Crippen molar-refractivity contribution < 1.29 is 47.9 Å². The summed E-state index contributed by atoms with van der Waals surface area (Å²) in [5.41, 5.74) is 0. The topological polar surface area (TPSA) is 212 Å². The van der Waals surface area contributed by atoms with Crippen molar-refractivity contribution in [3.05, 3.63) is 0 Å². The summed E-state index contributed by atoms with van der Waals surface area (Å²) in [6, 6.07) is -6.43. The van der Waals surface area contributed by atoms with Crippen LogP contribution in [0.3, 0.4) is 0 Å². The number of cyclic esters (lactones) is 1. The van der Waals surface area contributed by atoms with Crippen molar-refractivity contribution in [1.82, 2.24) is 35.6 Å². The molecule has 430 valence electrons. The van der Waals surface area contributed by atoms with Gasteiger partial charge in [-0.1, -0.05) is 131 Å². The first-order chi connectivity index (χ1) is 34.9. The smallest absolute Gasteiger partial charge is 0.329 e. The Balaban J connectivity index is 2.90. The van der Waals surface area contributed by atoms with Crippen molar-refractivity contribution in [2.75, 3.05) is 34.2 Å². The Morgan fingerprint density at radius 1 is 0.573 bits per heavy atom. The number of Topliss-reactive ketones (excluding diaryl/α,β-unsaturated/α-hetero) is 1. The second kappa shape index (κ2) is 30.4. The fourth-order valence-electron chi connectivity index (χ4n) is 11.4. The maximum atomic E-state index is 14.8. The minimum atomic E-state index is -1.36. The van der Waals surface area contributed by atoms with Gasteiger partial charge in [-0.2, -0.15) is 0 Å². The van der Waals surface area contributed by atoms with E-state index in [2.05, 4.69) is 36.7 Å². The Labute approximate surface area is 452 Å². The van der Waals surface area contributed by atoms with E-state index < -0.39 is 119 Å². The van der Waals surface area contributed by atoms with Gasteiger partial charge in [-0.05, 0) is 92.3 Å². The Hall–Kier alpha value is -4.57. The van der Waals surface area contributed by atoms with Crippen LogP contribution in [0.15, 0.2) is 0 Å². The monoisotopic (exact) mass is 1060 g/mol. The van der Waals surface area contributed by atoms with E-state index in [0.29, 0.717) is 37.5 Å². The lowest BCUT2D eigenvalue weighted by atomic mass is 9.77. The number of ether oxygens (including phenoxy) is 1. The van der Waals surface area contributed by atoms with E-state index in [4.69, 9.17) is 4.74 Å². The van der Waals surface area contributed by atoms with E-state index >= 15 is 0 Å². The molecular formula is C58H103N7O10. The molecule has 14 atom stereocenters. The highest BCUT2D eigenvalue weighted by Crippen LogP contribution is 2.30. The van der Waals surface area contributed by atoms with E-state index in [-0.39, 0.29) is 55.4 Å². The fraction of sp³-hybridized carbons (Fsp3) is 0.845. The lowest BCUT2D eigenvalue weighted by Gasteiger charge is -2.37. The Kier molecular flexibility index (Phi) is 27.0. The van der Waals surface area contributed by atoms with Crippen LogP contribution in [0.2, 0.25) is 0 Å². The molecule has 17 nitrogen and oxygen atoms in total. The van der Waals surface area contributed by atoms with Crippen LogP contribution >= 0.6 is 0 Å². The Morgan fingerprint density at radius 3 is 1.63 bits per heavy atom. The van der Waals surface area contributed by atoms with Crippen molar-refractivity contribution in [2.24, 2.45) is 65.1 Å². The number of nitrogens with one attached hydrogen (secondary N) is 3. The van der Waals surface area contributed by atoms with Crippen LogP contribution < -0.4 is 16.0 Å². The van der Waals surface area contributed by atoms with Crippen molar-refractivity contribution in [3.63, 3.8) is 0 Å². The van der Waals surface area contributed by atoms with Crippen LogP contribution in [0.5, 0.6) is 0 Å². The van der Waals surface area contributed by atoms with E-state index in [1.165, 1.54) is 40.7 Å². The molecule has 2 heterocycles. The molecule has 11 unspecified atom stereocenters. The Morgan fingerprint density at radius 2 is 1.11 bits per heavy atom. The SMILES string of the molecule is CCC(C)C1NC(=O)C2CCCN2C(=O)CN(C)C(=O)C(C[C@H](C)C[C@H](C)C[C@H](C)CC)NC(=O)C(C(C)C)N(C)C(=O)C(C(C)CC)OC(=O)C(C(C)C)N(C)C(=O)C(CC(C)C)NC(=O)C(C(C)C)C(C)C1=O. The summed E-state index contributed by atoms with van der Waals surface area (Å²) in [7, 11) is 4.46. The summed E-state index contributed by atoms with van der Waals surface area (Å²) in [5.74, 6) is -8.30. The van der Waals surface area contributed by atoms with Crippen LogP contribution in [-0.2, 0) is 47.9 Å². The quantitative estimate of drug-likeness (QED) is 0.136. The minimum Gasteiger partial charge on any atom is -0.450 e. The molecule has 3 N–H and O–H groups in total. The number of carbonyl (C=O) groups excluding carboxylic acids is 9. The van der Waals surface area contributed by atoms with Gasteiger partial charge in [-0.15, -0.1) is 0 Å². The number of nitrogens with zero attached hydrogens (tertiary/aromatic N) is 4. The van der Waals surface area contributed by atoms with Crippen LogP contribution in [0.25, 0.3) is 0 Å². The largest absolute Gasteiger partial charge is 0.450 e. The number of esters is 1. The molecular weight excluding hydrogens is 955 g/mol. The predicted octanol–water partition coefficient (Wildman–Crippen LogP) is 6.89. The molecule has 0 saturated carbocycles. The zero-order valence-corrected chi connectivity index (χ0v) is 50.0. The van der Waals surface area contributed by atoms with Gasteiger partial charge in [0.15, 0.2) is 11.9 Å². The number of amides is 7. The molecule has 17 heteroatoms. The lowest BCUT2D eigenvalue weighted by molar-refractivity contribution is -0.172. The summed E-state index contributed by atoms with van der Waals surface area (Å²) in [6.45, 7) is 32.1. The van der Waals surface area contributed by atoms with Crippen molar-refractivity contribution >= 4 is 53.1 Å². The minimum absolute atomic E-state index is 0.0297. The molecule has 2 rings (SSSR count). The summed E-state index contributed by atoms with van der Waals surface area (Å²) >= 11 is 0. The summed E-state index contributed by atoms with van der Waals surface area (Å²) in [5, 5.41) is 8.96. The van der Waals surface area contributed by atoms with Gasteiger partial charge in [0.05, 0.1) is 12.6 Å². The highest BCUT2D eigenvalue weighted by molar-refractivity contribution is 5.99. The number of fused-ring (bicyclic) bond motifs is 1. The third kappa shape index (κ3) is 18.3. The molecule has 0 aromatic carbocycles. The number of hydrogen-bond donors (Lipinski definition) is 3. The number of ketones is 1. The number of carbonyl (C=O) groups is 9. The molecule has 2 fully saturated rings. The van der Waals surface area contributed by atoms with E-state index in [1.807, 2.05) is 55.4 Å². The van der Waals surface area contributed by atoms with Gasteiger partial charge in [-0.3, -0.25) is 38.4 Å². The number of rotatable bonds is 16. The van der Waals surface area contributed by atoms with Gasteiger partial charge >= 0.3 is 5.97 Å². The van der Waals surface area contributed by atoms with Crippen molar-refractivity contribution in [1.29, 1.82) is 0 Å².